The van der Waals surface area contributed by atoms with Gasteiger partial charge in [-0.15, -0.1) is 0 Å². The van der Waals surface area contributed by atoms with Gasteiger partial charge in [-0.05, 0) is 24.1 Å². The highest BCUT2D eigenvalue weighted by Gasteiger charge is 2.24. The Morgan fingerprint density at radius 3 is 2.29 bits per heavy atom. The standard InChI is InChI=1S/C11H13NO5/c1-5-4-6(2-3-7(5)11(16)17)8(13)9(14)10(12)15/h2-4,8-9,13-14H,1H3,(H2,12,15)(H,16,17). The van der Waals surface area contributed by atoms with Gasteiger partial charge in [0.05, 0.1) is 5.56 Å². The van der Waals surface area contributed by atoms with Crippen molar-refractivity contribution in [3.63, 3.8) is 0 Å². The van der Waals surface area contributed by atoms with E-state index in [0.717, 1.165) is 0 Å². The van der Waals surface area contributed by atoms with E-state index in [1.54, 1.807) is 6.92 Å². The van der Waals surface area contributed by atoms with Crippen LogP contribution in [0.4, 0.5) is 0 Å². The topological polar surface area (TPSA) is 121 Å². The lowest BCUT2D eigenvalue weighted by molar-refractivity contribution is -0.131. The molecule has 1 aromatic carbocycles. The first-order valence-corrected chi connectivity index (χ1v) is 4.84. The molecule has 5 N–H and O–H groups in total. The smallest absolute Gasteiger partial charge is 0.335 e. The molecule has 0 aromatic heterocycles. The fourth-order valence-corrected chi connectivity index (χ4v) is 1.45. The van der Waals surface area contributed by atoms with Crippen LogP contribution in [0.3, 0.4) is 0 Å². The van der Waals surface area contributed by atoms with E-state index in [1.807, 2.05) is 0 Å². The Morgan fingerprint density at radius 2 is 1.88 bits per heavy atom. The van der Waals surface area contributed by atoms with E-state index >= 15 is 0 Å². The summed E-state index contributed by atoms with van der Waals surface area (Å²) in [5.74, 6) is -2.13. The molecule has 1 amide bonds. The number of aromatic carboxylic acids is 1. The minimum absolute atomic E-state index is 0.0921. The Balaban J connectivity index is 3.05. The number of aliphatic hydroxyl groups excluding tert-OH is 2. The van der Waals surface area contributed by atoms with E-state index in [9.17, 15) is 19.8 Å². The van der Waals surface area contributed by atoms with Gasteiger partial charge in [0, 0.05) is 0 Å². The van der Waals surface area contributed by atoms with Crippen molar-refractivity contribution in [2.45, 2.75) is 19.1 Å². The molecular weight excluding hydrogens is 226 g/mol. The lowest BCUT2D eigenvalue weighted by Gasteiger charge is -2.16. The number of benzene rings is 1. The first-order valence-electron chi connectivity index (χ1n) is 4.84. The van der Waals surface area contributed by atoms with E-state index in [1.165, 1.54) is 18.2 Å². The molecule has 0 saturated heterocycles. The largest absolute Gasteiger partial charge is 0.478 e. The molecule has 0 saturated carbocycles. The van der Waals surface area contributed by atoms with Gasteiger partial charge in [-0.1, -0.05) is 12.1 Å². The van der Waals surface area contributed by atoms with Crippen molar-refractivity contribution < 1.29 is 24.9 Å². The molecule has 0 spiro atoms. The van der Waals surface area contributed by atoms with Gasteiger partial charge in [-0.3, -0.25) is 4.79 Å². The number of carboxylic acid groups (broad SMARTS) is 1. The predicted molar refractivity (Wildman–Crippen MR) is 58.3 cm³/mol. The molecule has 0 fully saturated rings. The molecule has 92 valence electrons. The maximum absolute atomic E-state index is 10.8. The second kappa shape index (κ2) is 4.94. The molecule has 0 aliphatic rings. The number of carboxylic acids is 1. The number of aliphatic hydroxyl groups is 2. The Morgan fingerprint density at radius 1 is 1.29 bits per heavy atom. The molecule has 1 rings (SSSR count). The Kier molecular flexibility index (Phi) is 3.82. The fourth-order valence-electron chi connectivity index (χ4n) is 1.45. The maximum atomic E-state index is 10.8. The Hall–Kier alpha value is -1.92. The van der Waals surface area contributed by atoms with Gasteiger partial charge in [0.15, 0.2) is 6.10 Å². The maximum Gasteiger partial charge on any atom is 0.335 e. The third kappa shape index (κ3) is 2.80. The van der Waals surface area contributed by atoms with Crippen LogP contribution < -0.4 is 5.73 Å². The highest BCUT2D eigenvalue weighted by molar-refractivity contribution is 5.89. The first-order chi connectivity index (χ1) is 7.84. The predicted octanol–water partition coefficient (Wildman–Crippen LogP) is -0.427. The summed E-state index contributed by atoms with van der Waals surface area (Å²) in [6.07, 6.45) is -3.18. The molecule has 6 nitrogen and oxygen atoms in total. The average molecular weight is 239 g/mol. The monoisotopic (exact) mass is 239 g/mol. The van der Waals surface area contributed by atoms with Crippen molar-refractivity contribution in [1.82, 2.24) is 0 Å². The second-order valence-corrected chi connectivity index (χ2v) is 3.67. The lowest BCUT2D eigenvalue weighted by Crippen LogP contribution is -2.33. The molecule has 0 radical (unpaired) electrons. The molecule has 1 aromatic rings. The van der Waals surface area contributed by atoms with E-state index < -0.39 is 24.1 Å². The molecule has 2 unspecified atom stereocenters. The number of hydrogen-bond donors (Lipinski definition) is 4. The van der Waals surface area contributed by atoms with Gasteiger partial charge in [0.25, 0.3) is 0 Å². The quantitative estimate of drug-likeness (QED) is 0.568. The summed E-state index contributed by atoms with van der Waals surface area (Å²) in [7, 11) is 0. The number of carbonyl (C=O) groups excluding carboxylic acids is 1. The van der Waals surface area contributed by atoms with Crippen molar-refractivity contribution in [2.75, 3.05) is 0 Å². The number of hydrogen-bond acceptors (Lipinski definition) is 4. The number of primary amides is 1. The van der Waals surface area contributed by atoms with Crippen LogP contribution in [0.1, 0.15) is 27.6 Å². The summed E-state index contributed by atoms with van der Waals surface area (Å²) in [5, 5.41) is 27.7. The van der Waals surface area contributed by atoms with Crippen LogP contribution >= 0.6 is 0 Å². The van der Waals surface area contributed by atoms with Crippen molar-refractivity contribution >= 4 is 11.9 Å². The van der Waals surface area contributed by atoms with E-state index in [4.69, 9.17) is 10.8 Å². The SMILES string of the molecule is Cc1cc(C(O)C(O)C(N)=O)ccc1C(=O)O. The number of nitrogens with two attached hydrogens (primary N) is 1. The van der Waals surface area contributed by atoms with Gasteiger partial charge in [-0.25, -0.2) is 4.79 Å². The van der Waals surface area contributed by atoms with Crippen molar-refractivity contribution in [1.29, 1.82) is 0 Å². The first kappa shape index (κ1) is 13.1. The Bertz CT molecular complexity index is 457. The summed E-state index contributed by atoms with van der Waals surface area (Å²) in [5.41, 5.74) is 5.60. The summed E-state index contributed by atoms with van der Waals surface area (Å²) in [6.45, 7) is 1.55. The highest BCUT2D eigenvalue weighted by atomic mass is 16.4. The zero-order chi connectivity index (χ0) is 13.2. The molecule has 0 aliphatic heterocycles. The molecule has 0 heterocycles. The van der Waals surface area contributed by atoms with Crippen LogP contribution in [-0.2, 0) is 4.79 Å². The zero-order valence-corrected chi connectivity index (χ0v) is 9.12. The zero-order valence-electron chi connectivity index (χ0n) is 9.12. The Labute approximate surface area is 97.3 Å². The van der Waals surface area contributed by atoms with E-state index in [0.29, 0.717) is 5.56 Å². The third-order valence-corrected chi connectivity index (χ3v) is 2.41. The van der Waals surface area contributed by atoms with Crippen molar-refractivity contribution in [3.8, 4) is 0 Å². The summed E-state index contributed by atoms with van der Waals surface area (Å²) >= 11 is 0. The summed E-state index contributed by atoms with van der Waals surface area (Å²) in [6, 6.07) is 4.01. The van der Waals surface area contributed by atoms with E-state index in [-0.39, 0.29) is 11.1 Å². The van der Waals surface area contributed by atoms with Gasteiger partial charge >= 0.3 is 5.97 Å². The van der Waals surface area contributed by atoms with Crippen LogP contribution in [0.15, 0.2) is 18.2 Å². The summed E-state index contributed by atoms with van der Waals surface area (Å²) in [4.78, 5) is 21.5. The summed E-state index contributed by atoms with van der Waals surface area (Å²) < 4.78 is 0. The van der Waals surface area contributed by atoms with Crippen LogP contribution in [0.5, 0.6) is 0 Å². The van der Waals surface area contributed by atoms with Crippen molar-refractivity contribution in [3.05, 3.63) is 34.9 Å². The van der Waals surface area contributed by atoms with Crippen LogP contribution in [0.2, 0.25) is 0 Å². The van der Waals surface area contributed by atoms with E-state index in [2.05, 4.69) is 0 Å². The van der Waals surface area contributed by atoms with Crippen LogP contribution in [-0.4, -0.2) is 33.3 Å². The molecule has 6 heteroatoms. The van der Waals surface area contributed by atoms with Crippen LogP contribution in [0.25, 0.3) is 0 Å². The third-order valence-electron chi connectivity index (χ3n) is 2.41. The van der Waals surface area contributed by atoms with Gasteiger partial charge in [0.2, 0.25) is 5.91 Å². The molecule has 17 heavy (non-hydrogen) atoms. The normalized spacial score (nSPS) is 14.1. The molecule has 0 bridgehead atoms. The number of carbonyl (C=O) groups is 2. The van der Waals surface area contributed by atoms with Gasteiger partial charge in [0.1, 0.15) is 6.10 Å². The minimum atomic E-state index is -1.72. The van der Waals surface area contributed by atoms with Crippen LogP contribution in [0, 0.1) is 6.92 Å². The lowest BCUT2D eigenvalue weighted by atomic mass is 9.99. The average Bonchev–Trinajstić information content (AvgIpc) is 2.26. The number of rotatable bonds is 4. The molecule has 0 aliphatic carbocycles. The van der Waals surface area contributed by atoms with Gasteiger partial charge in [-0.2, -0.15) is 0 Å². The molecular formula is C11H13NO5. The fraction of sp³-hybridized carbons (Fsp3) is 0.273. The highest BCUT2D eigenvalue weighted by Crippen LogP contribution is 2.20. The number of aryl methyl sites for hydroxylation is 1. The second-order valence-electron chi connectivity index (χ2n) is 3.67. The van der Waals surface area contributed by atoms with Crippen molar-refractivity contribution in [2.24, 2.45) is 5.73 Å². The van der Waals surface area contributed by atoms with Gasteiger partial charge < -0.3 is 21.1 Å². The number of amides is 1. The minimum Gasteiger partial charge on any atom is -0.478 e. The molecule has 2 atom stereocenters.